The largest absolute Gasteiger partial charge is 0.393 e. The van der Waals surface area contributed by atoms with E-state index in [1.807, 2.05) is 0 Å². The molecule has 0 aromatic rings. The summed E-state index contributed by atoms with van der Waals surface area (Å²) in [5.74, 6) is -1.50. The monoisotopic (exact) mass is 264 g/mol. The van der Waals surface area contributed by atoms with Crippen LogP contribution in [0.5, 0.6) is 0 Å². The molecule has 0 spiro atoms. The Kier molecular flexibility index (Phi) is 4.14. The molecule has 6 heteroatoms. The molecule has 0 saturated heterocycles. The van der Waals surface area contributed by atoms with E-state index in [-0.39, 0.29) is 24.9 Å². The first-order chi connectivity index (χ1) is 8.47. The molecule has 2 fully saturated rings. The average molecular weight is 264 g/mol. The molecule has 2 atom stereocenters. The van der Waals surface area contributed by atoms with Gasteiger partial charge in [0, 0.05) is 12.1 Å². The van der Waals surface area contributed by atoms with E-state index in [0.717, 1.165) is 19.3 Å². The van der Waals surface area contributed by atoms with Crippen LogP contribution in [-0.2, 0) is 4.79 Å². The van der Waals surface area contributed by atoms with E-state index in [9.17, 15) is 18.0 Å². The number of halogens is 3. The molecule has 2 rings (SSSR count). The van der Waals surface area contributed by atoms with Crippen molar-refractivity contribution < 1.29 is 18.0 Å². The van der Waals surface area contributed by atoms with Crippen molar-refractivity contribution in [2.45, 2.75) is 56.8 Å². The highest BCUT2D eigenvalue weighted by Gasteiger charge is 2.45. The molecule has 1 amide bonds. The maximum Gasteiger partial charge on any atom is 0.393 e. The van der Waals surface area contributed by atoms with E-state index in [1.54, 1.807) is 0 Å². The molecule has 18 heavy (non-hydrogen) atoms. The standard InChI is InChI=1S/C12H19F3N2O/c13-12(14,15)9-3-1-2-4-10(9)16-7-11(18)17-8-5-6-8/h8-10,16H,1-7H2,(H,17,18). The molecule has 0 radical (unpaired) electrons. The van der Waals surface area contributed by atoms with Crippen molar-refractivity contribution in [1.82, 2.24) is 10.6 Å². The van der Waals surface area contributed by atoms with Crippen molar-refractivity contribution in [2.24, 2.45) is 5.92 Å². The Morgan fingerprint density at radius 2 is 1.78 bits per heavy atom. The fourth-order valence-electron chi connectivity index (χ4n) is 2.50. The van der Waals surface area contributed by atoms with Crippen molar-refractivity contribution in [2.75, 3.05) is 6.54 Å². The van der Waals surface area contributed by atoms with Crippen LogP contribution < -0.4 is 10.6 Å². The van der Waals surface area contributed by atoms with Crippen molar-refractivity contribution in [3.8, 4) is 0 Å². The molecule has 0 bridgehead atoms. The van der Waals surface area contributed by atoms with Crippen molar-refractivity contribution >= 4 is 5.91 Å². The summed E-state index contributed by atoms with van der Waals surface area (Å²) in [6.07, 6.45) is -0.0941. The second-order valence-electron chi connectivity index (χ2n) is 5.26. The fourth-order valence-corrected chi connectivity index (χ4v) is 2.50. The first kappa shape index (κ1) is 13.6. The zero-order valence-corrected chi connectivity index (χ0v) is 10.2. The molecule has 0 heterocycles. The lowest BCUT2D eigenvalue weighted by Gasteiger charge is -2.33. The molecule has 2 N–H and O–H groups in total. The van der Waals surface area contributed by atoms with E-state index < -0.39 is 18.1 Å². The Bertz CT molecular complexity index is 302. The Morgan fingerprint density at radius 1 is 1.11 bits per heavy atom. The third kappa shape index (κ3) is 3.86. The van der Waals surface area contributed by atoms with Gasteiger partial charge in [-0.3, -0.25) is 4.79 Å². The molecule has 2 aliphatic carbocycles. The summed E-state index contributed by atoms with van der Waals surface area (Å²) >= 11 is 0. The van der Waals surface area contributed by atoms with Crippen molar-refractivity contribution in [3.05, 3.63) is 0 Å². The first-order valence-electron chi connectivity index (χ1n) is 6.56. The Labute approximate surface area is 104 Å². The maximum atomic E-state index is 12.8. The van der Waals surface area contributed by atoms with E-state index >= 15 is 0 Å². The van der Waals surface area contributed by atoms with Gasteiger partial charge in [0.1, 0.15) is 0 Å². The number of nitrogens with one attached hydrogen (secondary N) is 2. The molecule has 2 aliphatic rings. The second-order valence-corrected chi connectivity index (χ2v) is 5.26. The fraction of sp³-hybridized carbons (Fsp3) is 0.917. The van der Waals surface area contributed by atoms with Gasteiger partial charge in [0.05, 0.1) is 12.5 Å². The lowest BCUT2D eigenvalue weighted by molar-refractivity contribution is -0.189. The topological polar surface area (TPSA) is 41.1 Å². The zero-order chi connectivity index (χ0) is 13.2. The highest BCUT2D eigenvalue weighted by molar-refractivity contribution is 5.78. The Hall–Kier alpha value is -0.780. The van der Waals surface area contributed by atoms with Gasteiger partial charge in [0.15, 0.2) is 0 Å². The Balaban J connectivity index is 1.79. The third-order valence-electron chi connectivity index (χ3n) is 3.65. The second kappa shape index (κ2) is 5.47. The van der Waals surface area contributed by atoms with Gasteiger partial charge in [-0.1, -0.05) is 12.8 Å². The molecule has 0 aromatic carbocycles. The number of rotatable bonds is 4. The van der Waals surface area contributed by atoms with E-state index in [1.165, 1.54) is 0 Å². The molecule has 104 valence electrons. The molecular weight excluding hydrogens is 245 g/mol. The highest BCUT2D eigenvalue weighted by atomic mass is 19.4. The summed E-state index contributed by atoms with van der Waals surface area (Å²) in [4.78, 5) is 11.4. The summed E-state index contributed by atoms with van der Waals surface area (Å²) in [6.45, 7) is -0.00620. The zero-order valence-electron chi connectivity index (χ0n) is 10.2. The number of carbonyl (C=O) groups is 1. The lowest BCUT2D eigenvalue weighted by atomic mass is 9.84. The normalized spacial score (nSPS) is 29.1. The molecule has 0 aliphatic heterocycles. The molecule has 0 aromatic heterocycles. The van der Waals surface area contributed by atoms with Gasteiger partial charge in [-0.15, -0.1) is 0 Å². The number of hydrogen-bond acceptors (Lipinski definition) is 2. The predicted molar refractivity (Wildman–Crippen MR) is 61.0 cm³/mol. The van der Waals surface area contributed by atoms with Crippen LogP contribution in [0.1, 0.15) is 38.5 Å². The predicted octanol–water partition coefficient (Wildman–Crippen LogP) is 1.98. The van der Waals surface area contributed by atoms with Gasteiger partial charge in [0.2, 0.25) is 5.91 Å². The van der Waals surface area contributed by atoms with E-state index in [4.69, 9.17) is 0 Å². The third-order valence-corrected chi connectivity index (χ3v) is 3.65. The number of alkyl halides is 3. The minimum atomic E-state index is -4.16. The quantitative estimate of drug-likeness (QED) is 0.815. The van der Waals surface area contributed by atoms with Gasteiger partial charge >= 0.3 is 6.18 Å². The van der Waals surface area contributed by atoms with Crippen LogP contribution in [-0.4, -0.2) is 30.7 Å². The first-order valence-corrected chi connectivity index (χ1v) is 6.56. The van der Waals surface area contributed by atoms with E-state index in [2.05, 4.69) is 10.6 Å². The highest BCUT2D eigenvalue weighted by Crippen LogP contribution is 2.37. The summed E-state index contributed by atoms with van der Waals surface area (Å²) in [6, 6.07) is -0.354. The molecule has 2 saturated carbocycles. The summed E-state index contributed by atoms with van der Waals surface area (Å²) in [5, 5.41) is 5.54. The van der Waals surface area contributed by atoms with Crippen LogP contribution in [0.2, 0.25) is 0 Å². The maximum absolute atomic E-state index is 12.8. The van der Waals surface area contributed by atoms with Gasteiger partial charge < -0.3 is 10.6 Å². The SMILES string of the molecule is O=C(CNC1CCCCC1C(F)(F)F)NC1CC1. The molecule has 2 unspecified atom stereocenters. The van der Waals surface area contributed by atoms with Gasteiger partial charge in [-0.25, -0.2) is 0 Å². The number of carbonyl (C=O) groups excluding carboxylic acids is 1. The van der Waals surface area contributed by atoms with Crippen LogP contribution in [0.4, 0.5) is 13.2 Å². The summed E-state index contributed by atoms with van der Waals surface area (Å²) < 4.78 is 38.4. The van der Waals surface area contributed by atoms with Gasteiger partial charge in [-0.05, 0) is 25.7 Å². The molecular formula is C12H19F3N2O. The van der Waals surface area contributed by atoms with Crippen molar-refractivity contribution in [3.63, 3.8) is 0 Å². The Morgan fingerprint density at radius 3 is 2.39 bits per heavy atom. The van der Waals surface area contributed by atoms with E-state index in [0.29, 0.717) is 12.8 Å². The van der Waals surface area contributed by atoms with Crippen molar-refractivity contribution in [1.29, 1.82) is 0 Å². The smallest absolute Gasteiger partial charge is 0.352 e. The van der Waals surface area contributed by atoms with Crippen LogP contribution in [0.25, 0.3) is 0 Å². The number of hydrogen-bond donors (Lipinski definition) is 2. The minimum Gasteiger partial charge on any atom is -0.352 e. The number of amides is 1. The summed E-state index contributed by atoms with van der Waals surface area (Å²) in [7, 11) is 0. The lowest BCUT2D eigenvalue weighted by Crippen LogP contribution is -2.48. The minimum absolute atomic E-state index is 0.00620. The van der Waals surface area contributed by atoms with Gasteiger partial charge in [-0.2, -0.15) is 13.2 Å². The van der Waals surface area contributed by atoms with Crippen LogP contribution >= 0.6 is 0 Å². The molecule has 3 nitrogen and oxygen atoms in total. The van der Waals surface area contributed by atoms with Crippen LogP contribution in [0.15, 0.2) is 0 Å². The average Bonchev–Trinajstić information content (AvgIpc) is 3.09. The van der Waals surface area contributed by atoms with Crippen LogP contribution in [0.3, 0.4) is 0 Å². The summed E-state index contributed by atoms with van der Waals surface area (Å²) in [5.41, 5.74) is 0. The van der Waals surface area contributed by atoms with Gasteiger partial charge in [0.25, 0.3) is 0 Å². The van der Waals surface area contributed by atoms with Crippen LogP contribution in [0, 0.1) is 5.92 Å².